The third kappa shape index (κ3) is 2.71. The van der Waals surface area contributed by atoms with Gasteiger partial charge < -0.3 is 0 Å². The van der Waals surface area contributed by atoms with E-state index in [-0.39, 0.29) is 0 Å². The molecule has 2 aliphatic rings. The molecule has 0 unspecified atom stereocenters. The molecule has 10 radical (unpaired) electrons. The normalized spacial score (nSPS) is 27.0. The second-order valence-corrected chi connectivity index (χ2v) is 10.8. The van der Waals surface area contributed by atoms with Crippen LogP contribution in [0.3, 0.4) is 0 Å². The van der Waals surface area contributed by atoms with Crippen molar-refractivity contribution < 1.29 is 0 Å². The first-order valence-electron chi connectivity index (χ1n) is 7.55. The summed E-state index contributed by atoms with van der Waals surface area (Å²) in [6.45, 7) is 21.9. The summed E-state index contributed by atoms with van der Waals surface area (Å²) in [5.41, 5.74) is 3.07. The van der Waals surface area contributed by atoms with E-state index in [1.807, 2.05) is 12.2 Å². The molecule has 110 valence electrons. The van der Waals surface area contributed by atoms with E-state index in [0.29, 0.717) is 0 Å². The minimum Gasteiger partial charge on any atom is -0.102 e. The monoisotopic (exact) mass is 294 g/mol. The largest absolute Gasteiger partial charge is 0.102 e. The third-order valence-electron chi connectivity index (χ3n) is 4.94. The molecule has 2 saturated carbocycles. The van der Waals surface area contributed by atoms with E-state index in [0.717, 1.165) is 0 Å². The molecule has 0 bridgehead atoms. The van der Waals surface area contributed by atoms with E-state index in [9.17, 15) is 0 Å². The van der Waals surface area contributed by atoms with E-state index >= 15 is 0 Å². The van der Waals surface area contributed by atoms with Gasteiger partial charge in [0.2, 0.25) is 0 Å². The van der Waals surface area contributed by atoms with Gasteiger partial charge >= 0.3 is 0 Å². The Morgan fingerprint density at radius 1 is 0.762 bits per heavy atom. The highest BCUT2D eigenvalue weighted by Crippen LogP contribution is 2.59. The van der Waals surface area contributed by atoms with Gasteiger partial charge in [0.25, 0.3) is 0 Å². The second-order valence-electron chi connectivity index (χ2n) is 6.60. The average molecular weight is 295 g/mol. The SMILES string of the molecule is C=C[C]1[CH][C](C)[C](C)[C]1[Si](C)(C)[C]1[C](C=C)[CH][C](C)[C]1C. The van der Waals surface area contributed by atoms with Crippen LogP contribution in [0.2, 0.25) is 13.1 Å². The molecule has 0 spiro atoms. The minimum atomic E-state index is -1.78. The maximum Gasteiger partial charge on any atom is 0.0642 e. The summed E-state index contributed by atoms with van der Waals surface area (Å²) in [6.07, 6.45) is 8.60. The van der Waals surface area contributed by atoms with Gasteiger partial charge in [-0.3, -0.25) is 0 Å². The average Bonchev–Trinajstić information content (AvgIpc) is 2.88. The van der Waals surface area contributed by atoms with Crippen molar-refractivity contribution in [3.8, 4) is 0 Å². The zero-order valence-corrected chi connectivity index (χ0v) is 15.2. The maximum absolute atomic E-state index is 4.03. The first kappa shape index (κ1) is 17.1. The zero-order chi connectivity index (χ0) is 15.9. The van der Waals surface area contributed by atoms with Gasteiger partial charge in [0, 0.05) is 11.8 Å². The van der Waals surface area contributed by atoms with Gasteiger partial charge in [-0.25, -0.2) is 0 Å². The highest BCUT2D eigenvalue weighted by Gasteiger charge is 2.56. The summed E-state index contributed by atoms with van der Waals surface area (Å²) in [6, 6.07) is 0. The molecule has 2 aliphatic carbocycles. The smallest absolute Gasteiger partial charge is 0.0642 e. The molecule has 0 aliphatic heterocycles. The molecular formula is C20H26Si. The van der Waals surface area contributed by atoms with Crippen molar-refractivity contribution in [2.75, 3.05) is 0 Å². The van der Waals surface area contributed by atoms with Crippen molar-refractivity contribution in [3.05, 3.63) is 84.7 Å². The molecule has 0 aromatic rings. The molecular weight excluding hydrogens is 268 g/mol. The molecule has 21 heavy (non-hydrogen) atoms. The number of hydrogen-bond donors (Lipinski definition) is 0. The third-order valence-corrected chi connectivity index (χ3v) is 8.77. The van der Waals surface area contributed by atoms with Crippen molar-refractivity contribution in [2.45, 2.75) is 40.8 Å². The molecule has 0 aromatic heterocycles. The second kappa shape index (κ2) is 6.06. The Balaban J connectivity index is 2.35. The Kier molecular flexibility index (Phi) is 4.93. The molecule has 0 aromatic carbocycles. The molecule has 0 nitrogen and oxygen atoms in total. The molecule has 0 amide bonds. The van der Waals surface area contributed by atoms with Crippen LogP contribution in [-0.2, 0) is 0 Å². The minimum absolute atomic E-state index is 1.31. The van der Waals surface area contributed by atoms with Crippen molar-refractivity contribution in [3.63, 3.8) is 0 Å². The van der Waals surface area contributed by atoms with Crippen LogP contribution < -0.4 is 0 Å². The summed E-state index contributed by atoms with van der Waals surface area (Å²) in [5.74, 6) is 8.26. The molecule has 1 heteroatoms. The summed E-state index contributed by atoms with van der Waals surface area (Å²) in [5, 5.41) is 0. The maximum atomic E-state index is 4.03. The Hall–Kier alpha value is -0.303. The van der Waals surface area contributed by atoms with Gasteiger partial charge in [-0.1, -0.05) is 52.9 Å². The van der Waals surface area contributed by atoms with Crippen LogP contribution in [-0.4, -0.2) is 8.07 Å². The molecule has 2 fully saturated rings. The Labute approximate surface area is 134 Å². The van der Waals surface area contributed by atoms with Crippen molar-refractivity contribution in [1.29, 1.82) is 0 Å². The molecule has 0 N–H and O–H groups in total. The van der Waals surface area contributed by atoms with Crippen LogP contribution in [0.1, 0.15) is 27.7 Å². The lowest BCUT2D eigenvalue weighted by atomic mass is 10.00. The predicted octanol–water partition coefficient (Wildman–Crippen LogP) is 5.26. The Morgan fingerprint density at radius 2 is 1.10 bits per heavy atom. The van der Waals surface area contributed by atoms with Gasteiger partial charge in [0.05, 0.1) is 8.07 Å². The van der Waals surface area contributed by atoms with Crippen LogP contribution in [0.15, 0.2) is 25.3 Å². The van der Waals surface area contributed by atoms with Crippen LogP contribution in [0, 0.1) is 59.4 Å². The van der Waals surface area contributed by atoms with Crippen molar-refractivity contribution in [2.24, 2.45) is 0 Å². The Morgan fingerprint density at radius 3 is 1.38 bits per heavy atom. The van der Waals surface area contributed by atoms with Gasteiger partial charge in [-0.2, -0.15) is 0 Å². The molecule has 2 rings (SSSR count). The lowest BCUT2D eigenvalue weighted by Crippen LogP contribution is -2.47. The highest BCUT2D eigenvalue weighted by molar-refractivity contribution is 6.90. The van der Waals surface area contributed by atoms with Crippen LogP contribution >= 0.6 is 0 Å². The van der Waals surface area contributed by atoms with E-state index in [4.69, 9.17) is 0 Å². The van der Waals surface area contributed by atoms with E-state index in [1.54, 1.807) is 0 Å². The van der Waals surface area contributed by atoms with Crippen LogP contribution in [0.4, 0.5) is 0 Å². The molecule has 0 heterocycles. The van der Waals surface area contributed by atoms with E-state index in [1.165, 1.54) is 46.6 Å². The predicted molar refractivity (Wildman–Crippen MR) is 95.1 cm³/mol. The van der Waals surface area contributed by atoms with E-state index in [2.05, 4.69) is 66.8 Å². The summed E-state index contributed by atoms with van der Waals surface area (Å²) >= 11 is 0. The van der Waals surface area contributed by atoms with E-state index < -0.39 is 8.07 Å². The van der Waals surface area contributed by atoms with Gasteiger partial charge in [0.1, 0.15) is 0 Å². The fourth-order valence-corrected chi connectivity index (χ4v) is 8.07. The summed E-state index contributed by atoms with van der Waals surface area (Å²) in [4.78, 5) is 0. The van der Waals surface area contributed by atoms with Crippen LogP contribution in [0.5, 0.6) is 0 Å². The lowest BCUT2D eigenvalue weighted by molar-refractivity contribution is 1.01. The molecule has 0 atom stereocenters. The van der Waals surface area contributed by atoms with Gasteiger partial charge in [-0.05, 0) is 47.6 Å². The number of allylic oxidation sites excluding steroid dienone is 2. The lowest BCUT2D eigenvalue weighted by Gasteiger charge is -2.43. The quantitative estimate of drug-likeness (QED) is 0.621. The van der Waals surface area contributed by atoms with Crippen molar-refractivity contribution in [1.82, 2.24) is 0 Å². The summed E-state index contributed by atoms with van der Waals surface area (Å²) < 4.78 is 0. The van der Waals surface area contributed by atoms with Gasteiger partial charge in [-0.15, -0.1) is 13.2 Å². The summed E-state index contributed by atoms with van der Waals surface area (Å²) in [7, 11) is -1.78. The number of hydrogen-bond acceptors (Lipinski definition) is 0. The highest BCUT2D eigenvalue weighted by atomic mass is 28.3. The van der Waals surface area contributed by atoms with Crippen LogP contribution in [0.25, 0.3) is 0 Å². The molecule has 0 saturated heterocycles. The van der Waals surface area contributed by atoms with Crippen molar-refractivity contribution >= 4 is 8.07 Å². The standard InChI is InChI=1S/C20H26Si/c1-9-17-11-13(3)15(5)19(17)21(7,8)20-16(6)14(4)12-18(20)10-2/h9-12H,1-2H2,3-8H3. The first-order valence-corrected chi connectivity index (χ1v) is 10.5. The topological polar surface area (TPSA) is 0 Å². The zero-order valence-electron chi connectivity index (χ0n) is 14.2. The van der Waals surface area contributed by atoms with Gasteiger partial charge in [0.15, 0.2) is 0 Å². The Bertz CT molecular complexity index is 361. The fraction of sp³-hybridized carbons (Fsp3) is 0.300. The number of rotatable bonds is 4. The first-order chi connectivity index (χ1) is 9.75. The fourth-order valence-electron chi connectivity index (χ4n) is 3.76.